The lowest BCUT2D eigenvalue weighted by Gasteiger charge is -2.31. The molecule has 0 radical (unpaired) electrons. The van der Waals surface area contributed by atoms with E-state index >= 15 is 0 Å². The summed E-state index contributed by atoms with van der Waals surface area (Å²) >= 11 is 3.69. The summed E-state index contributed by atoms with van der Waals surface area (Å²) < 4.78 is -0.646. The van der Waals surface area contributed by atoms with E-state index in [-0.39, 0.29) is 5.75 Å². The van der Waals surface area contributed by atoms with Crippen LogP contribution in [0, 0.1) is 6.92 Å². The van der Waals surface area contributed by atoms with Gasteiger partial charge < -0.3 is 10.4 Å². The first kappa shape index (κ1) is 13.9. The fourth-order valence-electron chi connectivity index (χ4n) is 2.33. The highest BCUT2D eigenvalue weighted by atomic mass is 79.9. The summed E-state index contributed by atoms with van der Waals surface area (Å²) in [7, 11) is 0. The predicted molar refractivity (Wildman–Crippen MR) is 87.9 cm³/mol. The molecule has 1 atom stereocenters. The van der Waals surface area contributed by atoms with Crippen LogP contribution in [0.25, 0.3) is 5.70 Å². The van der Waals surface area contributed by atoms with Gasteiger partial charge in [-0.05, 0) is 42.8 Å². The minimum Gasteiger partial charge on any atom is -0.508 e. The number of allylic oxidation sites excluding steroid dienone is 2. The molecule has 0 fully saturated rings. The number of phenolic OH excluding ortho intramolecular Hbond substituents is 1. The van der Waals surface area contributed by atoms with Gasteiger partial charge in [0.15, 0.2) is 0 Å². The van der Waals surface area contributed by atoms with E-state index in [1.54, 1.807) is 12.3 Å². The van der Waals surface area contributed by atoms with Crippen LogP contribution < -0.4 is 5.32 Å². The minimum absolute atomic E-state index is 0.256. The quantitative estimate of drug-likeness (QED) is 0.643. The largest absolute Gasteiger partial charge is 0.508 e. The van der Waals surface area contributed by atoms with Crippen LogP contribution in [0.3, 0.4) is 0 Å². The Bertz CT molecular complexity index is 725. The molecule has 1 aromatic heterocycles. The van der Waals surface area contributed by atoms with Gasteiger partial charge >= 0.3 is 0 Å². The molecule has 0 saturated carbocycles. The Balaban J connectivity index is 1.97. The van der Waals surface area contributed by atoms with Gasteiger partial charge in [0.05, 0.1) is 11.4 Å². The number of aromatic nitrogens is 1. The highest BCUT2D eigenvalue weighted by molar-refractivity contribution is 9.09. The second-order valence-electron chi connectivity index (χ2n) is 5.01. The number of benzene rings is 1. The maximum absolute atomic E-state index is 10.2. The third kappa shape index (κ3) is 2.72. The molecule has 0 bridgehead atoms. The van der Waals surface area contributed by atoms with Crippen LogP contribution in [0.2, 0.25) is 0 Å². The second-order valence-corrected chi connectivity index (χ2v) is 6.26. The number of dihydropyridines is 1. The minimum atomic E-state index is -0.646. The number of pyridine rings is 1. The Labute approximate surface area is 132 Å². The number of hydrogen-bond donors (Lipinski definition) is 2. The number of nitrogens with zero attached hydrogens (tertiary/aromatic N) is 1. The molecule has 0 saturated heterocycles. The number of halogens is 1. The summed E-state index contributed by atoms with van der Waals surface area (Å²) in [6.07, 6.45) is 7.64. The van der Waals surface area contributed by atoms with Gasteiger partial charge in [-0.25, -0.2) is 0 Å². The van der Waals surface area contributed by atoms with E-state index in [4.69, 9.17) is 0 Å². The number of aryl methyl sites for hydroxylation is 1. The van der Waals surface area contributed by atoms with Gasteiger partial charge in [-0.15, -0.1) is 0 Å². The van der Waals surface area contributed by atoms with Gasteiger partial charge in [0.25, 0.3) is 0 Å². The molecule has 2 N–H and O–H groups in total. The molecule has 0 amide bonds. The monoisotopic (exact) mass is 342 g/mol. The van der Waals surface area contributed by atoms with E-state index < -0.39 is 4.45 Å². The summed E-state index contributed by atoms with van der Waals surface area (Å²) in [5, 5.41) is 13.6. The van der Waals surface area contributed by atoms with Gasteiger partial charge in [-0.2, -0.15) is 0 Å². The first-order valence-corrected chi connectivity index (χ1v) is 7.46. The zero-order chi connectivity index (χ0) is 14.9. The molecule has 2 heterocycles. The smallest absolute Gasteiger partial charge is 0.141 e. The van der Waals surface area contributed by atoms with Crippen molar-refractivity contribution in [2.24, 2.45) is 0 Å². The molecule has 3 nitrogen and oxygen atoms in total. The van der Waals surface area contributed by atoms with Crippen LogP contribution in [0.5, 0.6) is 5.75 Å². The number of hydrogen-bond acceptors (Lipinski definition) is 3. The summed E-state index contributed by atoms with van der Waals surface area (Å²) in [6.45, 7) is 1.95. The normalized spacial score (nSPS) is 20.8. The van der Waals surface area contributed by atoms with E-state index in [0.717, 1.165) is 22.5 Å². The van der Waals surface area contributed by atoms with Crippen molar-refractivity contribution in [3.63, 3.8) is 0 Å². The molecule has 0 aliphatic carbocycles. The van der Waals surface area contributed by atoms with Crippen LogP contribution in [0.15, 0.2) is 60.8 Å². The van der Waals surface area contributed by atoms with Crippen LogP contribution in [0.4, 0.5) is 0 Å². The average molecular weight is 343 g/mol. The maximum Gasteiger partial charge on any atom is 0.141 e. The van der Waals surface area contributed by atoms with E-state index in [2.05, 4.69) is 26.2 Å². The van der Waals surface area contributed by atoms with Gasteiger partial charge in [-0.1, -0.05) is 40.2 Å². The predicted octanol–water partition coefficient (Wildman–Crippen LogP) is 3.84. The molecular weight excluding hydrogens is 328 g/mol. The fraction of sp³-hybridized carbons (Fsp3) is 0.118. The van der Waals surface area contributed by atoms with Crippen LogP contribution in [-0.2, 0) is 4.45 Å². The van der Waals surface area contributed by atoms with Crippen LogP contribution in [0.1, 0.15) is 16.8 Å². The van der Waals surface area contributed by atoms with Crippen LogP contribution >= 0.6 is 15.9 Å². The second kappa shape index (κ2) is 5.37. The molecule has 21 heavy (non-hydrogen) atoms. The van der Waals surface area contributed by atoms with Gasteiger partial charge in [0, 0.05) is 11.8 Å². The standard InChI is InChI=1S/C17H15BrN2O/c1-12-7-8-13(16(21)11-12)17(18)9-4-6-15(20-17)14-5-2-3-10-19-14/h2-11,20-21H,1H3. The Hall–Kier alpha value is -2.07. The molecule has 106 valence electrons. The molecule has 1 unspecified atom stereocenters. The van der Waals surface area contributed by atoms with Crippen molar-refractivity contribution in [2.45, 2.75) is 11.4 Å². The lowest BCUT2D eigenvalue weighted by Crippen LogP contribution is -2.35. The van der Waals surface area contributed by atoms with Gasteiger partial charge in [0.2, 0.25) is 0 Å². The Morgan fingerprint density at radius 1 is 1.24 bits per heavy atom. The van der Waals surface area contributed by atoms with Crippen molar-refractivity contribution in [2.75, 3.05) is 0 Å². The third-order valence-corrected chi connectivity index (χ3v) is 4.28. The summed E-state index contributed by atoms with van der Waals surface area (Å²) in [4.78, 5) is 4.35. The SMILES string of the molecule is Cc1ccc(C2(Br)C=CC=C(c3ccccn3)N2)c(O)c1. The van der Waals surface area contributed by atoms with E-state index in [1.165, 1.54) is 0 Å². The Kier molecular flexibility index (Phi) is 3.55. The summed E-state index contributed by atoms with van der Waals surface area (Å²) in [5.41, 5.74) is 3.55. The summed E-state index contributed by atoms with van der Waals surface area (Å²) in [6, 6.07) is 11.4. The maximum atomic E-state index is 10.2. The van der Waals surface area contributed by atoms with Crippen molar-refractivity contribution in [3.05, 3.63) is 77.6 Å². The molecular formula is C17H15BrN2O. The van der Waals surface area contributed by atoms with E-state index in [9.17, 15) is 5.11 Å². The van der Waals surface area contributed by atoms with Crippen molar-refractivity contribution < 1.29 is 5.11 Å². The number of alkyl halides is 1. The van der Waals surface area contributed by atoms with E-state index in [0.29, 0.717) is 0 Å². The zero-order valence-electron chi connectivity index (χ0n) is 11.5. The molecule has 0 spiro atoms. The number of phenols is 1. The van der Waals surface area contributed by atoms with Gasteiger partial charge in [-0.3, -0.25) is 4.98 Å². The topological polar surface area (TPSA) is 45.2 Å². The lowest BCUT2D eigenvalue weighted by molar-refractivity contribution is 0.460. The first-order valence-electron chi connectivity index (χ1n) is 6.67. The lowest BCUT2D eigenvalue weighted by atomic mass is 10.00. The van der Waals surface area contributed by atoms with Crippen molar-refractivity contribution in [3.8, 4) is 5.75 Å². The third-order valence-electron chi connectivity index (χ3n) is 3.39. The number of rotatable bonds is 2. The van der Waals surface area contributed by atoms with Crippen molar-refractivity contribution >= 4 is 21.6 Å². The van der Waals surface area contributed by atoms with E-state index in [1.807, 2.05) is 55.5 Å². The highest BCUT2D eigenvalue weighted by Gasteiger charge is 2.31. The Morgan fingerprint density at radius 3 is 2.81 bits per heavy atom. The number of aromatic hydroxyl groups is 1. The average Bonchev–Trinajstić information content (AvgIpc) is 2.48. The van der Waals surface area contributed by atoms with Crippen molar-refractivity contribution in [1.29, 1.82) is 0 Å². The molecule has 1 aliphatic heterocycles. The molecule has 4 heteroatoms. The highest BCUT2D eigenvalue weighted by Crippen LogP contribution is 2.39. The Morgan fingerprint density at radius 2 is 2.10 bits per heavy atom. The zero-order valence-corrected chi connectivity index (χ0v) is 13.1. The molecule has 2 aromatic rings. The molecule has 1 aromatic carbocycles. The summed E-state index contributed by atoms with van der Waals surface area (Å²) in [5.74, 6) is 0.256. The van der Waals surface area contributed by atoms with Crippen LogP contribution in [-0.4, -0.2) is 10.1 Å². The fourth-order valence-corrected chi connectivity index (χ4v) is 3.04. The van der Waals surface area contributed by atoms with Crippen molar-refractivity contribution in [1.82, 2.24) is 10.3 Å². The number of nitrogens with one attached hydrogen (secondary N) is 1. The molecule has 1 aliphatic rings. The molecule has 3 rings (SSSR count). The van der Waals surface area contributed by atoms with Gasteiger partial charge in [0.1, 0.15) is 10.2 Å². The first-order chi connectivity index (χ1) is 10.1.